The average molecular weight is 254 g/mol. The first-order valence-corrected chi connectivity index (χ1v) is 8.04. The van der Waals surface area contributed by atoms with Crippen molar-refractivity contribution in [3.63, 3.8) is 0 Å². The molecule has 0 aromatic carbocycles. The molecule has 0 amide bonds. The standard InChI is InChI=1S/C14H26N2S/c1-4-11-6-5-7-12(8-11)16-14-15-9-13(17-14)10(2)3/h10-13H,4-9H2,1-3H3,(H,15,16). The molecule has 0 aromatic rings. The molecular weight excluding hydrogens is 228 g/mol. The van der Waals surface area contributed by atoms with E-state index in [1.165, 1.54) is 37.3 Å². The van der Waals surface area contributed by atoms with E-state index in [0.717, 1.165) is 18.4 Å². The maximum Gasteiger partial charge on any atom is 0.157 e. The van der Waals surface area contributed by atoms with Gasteiger partial charge in [0.25, 0.3) is 0 Å². The molecule has 3 heteroatoms. The predicted octanol–water partition coefficient (Wildman–Crippen LogP) is 3.67. The molecule has 0 saturated heterocycles. The first-order valence-electron chi connectivity index (χ1n) is 7.16. The molecule has 2 rings (SSSR count). The number of rotatable bonds is 3. The van der Waals surface area contributed by atoms with Crippen LogP contribution in [0.1, 0.15) is 52.9 Å². The number of amidine groups is 1. The van der Waals surface area contributed by atoms with E-state index < -0.39 is 0 Å². The third-order valence-electron chi connectivity index (χ3n) is 4.11. The monoisotopic (exact) mass is 254 g/mol. The highest BCUT2D eigenvalue weighted by molar-refractivity contribution is 8.14. The average Bonchev–Trinajstić information content (AvgIpc) is 2.78. The fourth-order valence-electron chi connectivity index (χ4n) is 2.78. The predicted molar refractivity (Wildman–Crippen MR) is 77.7 cm³/mol. The largest absolute Gasteiger partial charge is 0.362 e. The molecule has 1 aliphatic heterocycles. The highest BCUT2D eigenvalue weighted by atomic mass is 32.2. The van der Waals surface area contributed by atoms with Crippen molar-refractivity contribution in [2.75, 3.05) is 6.54 Å². The van der Waals surface area contributed by atoms with E-state index in [0.29, 0.717) is 11.3 Å². The van der Waals surface area contributed by atoms with E-state index in [1.807, 2.05) is 11.8 Å². The van der Waals surface area contributed by atoms with Gasteiger partial charge in [-0.05, 0) is 24.7 Å². The lowest BCUT2D eigenvalue weighted by molar-refractivity contribution is 0.300. The number of thioether (sulfide) groups is 1. The lowest BCUT2D eigenvalue weighted by Gasteiger charge is -2.29. The van der Waals surface area contributed by atoms with Gasteiger partial charge in [0.2, 0.25) is 0 Å². The Bertz CT molecular complexity index is 275. The van der Waals surface area contributed by atoms with Gasteiger partial charge in [0.05, 0.1) is 6.54 Å². The number of aliphatic imine (C=N–C) groups is 1. The minimum Gasteiger partial charge on any atom is -0.362 e. The second kappa shape index (κ2) is 6.12. The Morgan fingerprint density at radius 1 is 1.41 bits per heavy atom. The molecule has 0 radical (unpaired) electrons. The van der Waals surface area contributed by atoms with Crippen molar-refractivity contribution in [1.29, 1.82) is 0 Å². The number of nitrogens with one attached hydrogen (secondary N) is 1. The van der Waals surface area contributed by atoms with Crippen LogP contribution in [-0.2, 0) is 0 Å². The zero-order valence-corrected chi connectivity index (χ0v) is 12.2. The summed E-state index contributed by atoms with van der Waals surface area (Å²) in [7, 11) is 0. The highest BCUT2D eigenvalue weighted by Crippen LogP contribution is 2.30. The van der Waals surface area contributed by atoms with Crippen molar-refractivity contribution in [3.8, 4) is 0 Å². The highest BCUT2D eigenvalue weighted by Gasteiger charge is 2.26. The third-order valence-corrected chi connectivity index (χ3v) is 5.58. The van der Waals surface area contributed by atoms with Crippen molar-refractivity contribution >= 4 is 16.9 Å². The molecular formula is C14H26N2S. The first kappa shape index (κ1) is 13.3. The van der Waals surface area contributed by atoms with E-state index in [-0.39, 0.29) is 0 Å². The molecule has 0 bridgehead atoms. The third kappa shape index (κ3) is 3.64. The van der Waals surface area contributed by atoms with E-state index in [9.17, 15) is 0 Å². The molecule has 0 aromatic heterocycles. The Labute approximate surface area is 110 Å². The number of hydrogen-bond acceptors (Lipinski definition) is 3. The summed E-state index contributed by atoms with van der Waals surface area (Å²) in [4.78, 5) is 4.65. The second-order valence-corrected chi connectivity index (χ2v) is 7.06. The molecule has 17 heavy (non-hydrogen) atoms. The van der Waals surface area contributed by atoms with Crippen LogP contribution in [0.3, 0.4) is 0 Å². The van der Waals surface area contributed by atoms with Crippen LogP contribution in [0.4, 0.5) is 0 Å². The fraction of sp³-hybridized carbons (Fsp3) is 0.929. The number of nitrogens with zero attached hydrogens (tertiary/aromatic N) is 1. The van der Waals surface area contributed by atoms with Crippen LogP contribution in [0, 0.1) is 11.8 Å². The molecule has 98 valence electrons. The molecule has 0 spiro atoms. The summed E-state index contributed by atoms with van der Waals surface area (Å²) in [6, 6.07) is 0.686. The molecule has 3 atom stereocenters. The zero-order chi connectivity index (χ0) is 12.3. The van der Waals surface area contributed by atoms with Crippen LogP contribution in [0.25, 0.3) is 0 Å². The molecule has 2 nitrogen and oxygen atoms in total. The summed E-state index contributed by atoms with van der Waals surface area (Å²) in [5.41, 5.74) is 0. The molecule has 1 aliphatic carbocycles. The van der Waals surface area contributed by atoms with Crippen molar-refractivity contribution in [2.24, 2.45) is 16.8 Å². The summed E-state index contributed by atoms with van der Waals surface area (Å²) in [5.74, 6) is 1.67. The summed E-state index contributed by atoms with van der Waals surface area (Å²) in [6.45, 7) is 7.92. The Morgan fingerprint density at radius 2 is 2.24 bits per heavy atom. The van der Waals surface area contributed by atoms with Gasteiger partial charge in [0.15, 0.2) is 5.17 Å². The van der Waals surface area contributed by atoms with Crippen LogP contribution < -0.4 is 5.32 Å². The van der Waals surface area contributed by atoms with Crippen molar-refractivity contribution in [3.05, 3.63) is 0 Å². The molecule has 2 aliphatic rings. The normalized spacial score (nSPS) is 33.9. The smallest absolute Gasteiger partial charge is 0.157 e. The van der Waals surface area contributed by atoms with Gasteiger partial charge in [-0.1, -0.05) is 51.8 Å². The second-order valence-electron chi connectivity index (χ2n) is 5.83. The van der Waals surface area contributed by atoms with E-state index >= 15 is 0 Å². The minimum atomic E-state index is 0.686. The van der Waals surface area contributed by atoms with E-state index in [4.69, 9.17) is 0 Å². The summed E-state index contributed by atoms with van der Waals surface area (Å²) in [6.07, 6.45) is 6.85. The minimum absolute atomic E-state index is 0.686. The Hall–Kier alpha value is -0.180. The summed E-state index contributed by atoms with van der Waals surface area (Å²) >= 11 is 1.96. The maximum absolute atomic E-state index is 4.65. The van der Waals surface area contributed by atoms with Gasteiger partial charge in [0.1, 0.15) is 0 Å². The summed E-state index contributed by atoms with van der Waals surface area (Å²) in [5, 5.41) is 5.59. The summed E-state index contributed by atoms with van der Waals surface area (Å²) < 4.78 is 0. The SMILES string of the molecule is CCC1CCCC(NC2=NCC(C(C)C)S2)C1. The Balaban J connectivity index is 1.78. The van der Waals surface area contributed by atoms with Crippen molar-refractivity contribution in [1.82, 2.24) is 5.32 Å². The van der Waals surface area contributed by atoms with Crippen LogP contribution in [-0.4, -0.2) is 23.0 Å². The van der Waals surface area contributed by atoms with E-state index in [1.54, 1.807) is 0 Å². The molecule has 1 saturated carbocycles. The van der Waals surface area contributed by atoms with Gasteiger partial charge < -0.3 is 5.32 Å². The van der Waals surface area contributed by atoms with Gasteiger partial charge in [-0.2, -0.15) is 0 Å². The molecule has 1 N–H and O–H groups in total. The van der Waals surface area contributed by atoms with Gasteiger partial charge in [-0.3, -0.25) is 4.99 Å². The first-order chi connectivity index (χ1) is 8.19. The molecule has 1 fully saturated rings. The van der Waals surface area contributed by atoms with Gasteiger partial charge in [0, 0.05) is 11.3 Å². The van der Waals surface area contributed by atoms with Crippen LogP contribution >= 0.6 is 11.8 Å². The lowest BCUT2D eigenvalue weighted by atomic mass is 9.84. The van der Waals surface area contributed by atoms with Crippen LogP contribution in [0.15, 0.2) is 4.99 Å². The quantitative estimate of drug-likeness (QED) is 0.831. The zero-order valence-electron chi connectivity index (χ0n) is 11.4. The van der Waals surface area contributed by atoms with E-state index in [2.05, 4.69) is 31.1 Å². The van der Waals surface area contributed by atoms with Crippen molar-refractivity contribution < 1.29 is 0 Å². The van der Waals surface area contributed by atoms with Crippen LogP contribution in [0.5, 0.6) is 0 Å². The lowest BCUT2D eigenvalue weighted by Crippen LogP contribution is -2.36. The van der Waals surface area contributed by atoms with Crippen molar-refractivity contribution in [2.45, 2.75) is 64.2 Å². The van der Waals surface area contributed by atoms with Gasteiger partial charge in [-0.25, -0.2) is 0 Å². The number of hydrogen-bond donors (Lipinski definition) is 1. The maximum atomic E-state index is 4.65. The fourth-order valence-corrected chi connectivity index (χ4v) is 3.88. The molecule has 1 heterocycles. The van der Waals surface area contributed by atoms with Crippen LogP contribution in [0.2, 0.25) is 0 Å². The topological polar surface area (TPSA) is 24.4 Å². The Kier molecular flexibility index (Phi) is 4.78. The van der Waals surface area contributed by atoms with Gasteiger partial charge in [-0.15, -0.1) is 0 Å². The van der Waals surface area contributed by atoms with Gasteiger partial charge >= 0.3 is 0 Å². The Morgan fingerprint density at radius 3 is 2.88 bits per heavy atom. The molecule has 3 unspecified atom stereocenters.